The number of furan rings is 1. The van der Waals surface area contributed by atoms with Crippen LogP contribution in [0.4, 0.5) is 0 Å². The molecule has 0 saturated heterocycles. The van der Waals surface area contributed by atoms with Crippen molar-refractivity contribution in [3.63, 3.8) is 0 Å². The molecule has 23 heavy (non-hydrogen) atoms. The van der Waals surface area contributed by atoms with Gasteiger partial charge in [0, 0.05) is 22.1 Å². The van der Waals surface area contributed by atoms with Crippen LogP contribution < -0.4 is 0 Å². The Labute approximate surface area is 140 Å². The molecule has 0 N–H and O–H groups in total. The molecule has 116 valence electrons. The van der Waals surface area contributed by atoms with Crippen molar-refractivity contribution in [2.75, 3.05) is 0 Å². The van der Waals surface area contributed by atoms with Crippen molar-refractivity contribution < 1.29 is 8.94 Å². The van der Waals surface area contributed by atoms with Gasteiger partial charge in [-0.3, -0.25) is 0 Å². The first-order chi connectivity index (χ1) is 11.2. The number of aromatic nitrogens is 3. The Balaban J connectivity index is 1.58. The minimum absolute atomic E-state index is 0.640. The molecule has 0 aliphatic rings. The third kappa shape index (κ3) is 2.66. The second kappa shape index (κ2) is 5.82. The van der Waals surface area contributed by atoms with E-state index in [1.54, 1.807) is 35.7 Å². The average Bonchev–Trinajstić information content (AvgIpc) is 3.27. The van der Waals surface area contributed by atoms with Crippen LogP contribution in [0.1, 0.15) is 16.1 Å². The van der Waals surface area contributed by atoms with E-state index in [0.717, 1.165) is 20.9 Å². The highest BCUT2D eigenvalue weighted by Gasteiger charge is 2.14. The highest BCUT2D eigenvalue weighted by molar-refractivity contribution is 7.98. The van der Waals surface area contributed by atoms with Crippen molar-refractivity contribution in [1.82, 2.24) is 15.1 Å². The maximum Gasteiger partial charge on any atom is 0.202 e. The van der Waals surface area contributed by atoms with Crippen molar-refractivity contribution in [3.8, 4) is 11.5 Å². The van der Waals surface area contributed by atoms with Crippen molar-refractivity contribution in [1.29, 1.82) is 0 Å². The molecular formula is C16H13N3O2S2. The first-order valence-corrected chi connectivity index (χ1v) is 8.85. The molecule has 0 amide bonds. The van der Waals surface area contributed by atoms with Crippen molar-refractivity contribution in [2.24, 2.45) is 0 Å². The van der Waals surface area contributed by atoms with Gasteiger partial charge in [-0.15, -0.1) is 11.3 Å². The molecule has 5 nitrogen and oxygen atoms in total. The number of fused-ring (bicyclic) bond motifs is 1. The van der Waals surface area contributed by atoms with E-state index in [4.69, 9.17) is 8.94 Å². The van der Waals surface area contributed by atoms with Crippen LogP contribution in [0.15, 0.2) is 44.8 Å². The Bertz CT molecular complexity index is 957. The molecule has 0 fully saturated rings. The molecule has 4 aromatic rings. The van der Waals surface area contributed by atoms with Gasteiger partial charge in [-0.1, -0.05) is 16.9 Å². The Morgan fingerprint density at radius 1 is 1.22 bits per heavy atom. The van der Waals surface area contributed by atoms with E-state index in [9.17, 15) is 0 Å². The van der Waals surface area contributed by atoms with E-state index in [-0.39, 0.29) is 0 Å². The summed E-state index contributed by atoms with van der Waals surface area (Å²) in [6, 6.07) is 5.57. The van der Waals surface area contributed by atoms with Crippen molar-refractivity contribution in [3.05, 3.63) is 46.9 Å². The van der Waals surface area contributed by atoms with Crippen LogP contribution in [0.5, 0.6) is 0 Å². The maximum absolute atomic E-state index is 5.32. The number of thiophene rings is 1. The lowest BCUT2D eigenvalue weighted by Gasteiger charge is -2.01. The van der Waals surface area contributed by atoms with Crippen molar-refractivity contribution in [2.45, 2.75) is 24.6 Å². The van der Waals surface area contributed by atoms with Crippen molar-refractivity contribution >= 4 is 33.3 Å². The van der Waals surface area contributed by atoms with E-state index >= 15 is 0 Å². The van der Waals surface area contributed by atoms with Crippen LogP contribution in [0.25, 0.3) is 21.7 Å². The number of hydrogen-bond donors (Lipinski definition) is 0. The fourth-order valence-electron chi connectivity index (χ4n) is 2.32. The monoisotopic (exact) mass is 343 g/mol. The molecule has 0 aliphatic carbocycles. The zero-order chi connectivity index (χ0) is 15.8. The third-order valence-electron chi connectivity index (χ3n) is 3.61. The second-order valence-electron chi connectivity index (χ2n) is 5.09. The standard InChI is InChI=1S/C16H13N3O2S2/c1-9-10(2)23-16-14(9)15(17-8-18-16)22-7-11-6-13(21-19-11)12-4-3-5-20-12/h3-6,8H,7H2,1-2H3. The lowest BCUT2D eigenvalue weighted by Crippen LogP contribution is -1.87. The fourth-order valence-corrected chi connectivity index (χ4v) is 4.31. The van der Waals surface area contributed by atoms with Gasteiger partial charge in [0.15, 0.2) is 5.76 Å². The number of nitrogens with zero attached hydrogens (tertiary/aromatic N) is 3. The molecule has 0 saturated carbocycles. The first kappa shape index (κ1) is 14.5. The molecule has 0 atom stereocenters. The van der Waals surface area contributed by atoms with E-state index in [0.29, 0.717) is 17.3 Å². The van der Waals surface area contributed by atoms with Crippen LogP contribution >= 0.6 is 23.1 Å². The highest BCUT2D eigenvalue weighted by Crippen LogP contribution is 2.35. The van der Waals surface area contributed by atoms with Gasteiger partial charge in [-0.05, 0) is 31.5 Å². The molecular weight excluding hydrogens is 330 g/mol. The second-order valence-corrected chi connectivity index (χ2v) is 7.26. The molecule has 0 radical (unpaired) electrons. The summed E-state index contributed by atoms with van der Waals surface area (Å²) in [5.41, 5.74) is 2.11. The van der Waals surface area contributed by atoms with E-state index in [1.807, 2.05) is 18.2 Å². The summed E-state index contributed by atoms with van der Waals surface area (Å²) in [6.45, 7) is 4.23. The molecule has 0 spiro atoms. The van der Waals surface area contributed by atoms with Gasteiger partial charge in [0.25, 0.3) is 0 Å². The van der Waals surface area contributed by atoms with Gasteiger partial charge in [0.1, 0.15) is 16.2 Å². The summed E-state index contributed by atoms with van der Waals surface area (Å²) < 4.78 is 10.6. The molecule has 4 heterocycles. The Morgan fingerprint density at radius 2 is 2.13 bits per heavy atom. The Kier molecular flexibility index (Phi) is 3.66. The smallest absolute Gasteiger partial charge is 0.202 e. The Morgan fingerprint density at radius 3 is 2.96 bits per heavy atom. The highest BCUT2D eigenvalue weighted by atomic mass is 32.2. The average molecular weight is 343 g/mol. The van der Waals surface area contributed by atoms with Crippen LogP contribution in [0.2, 0.25) is 0 Å². The SMILES string of the molecule is Cc1sc2ncnc(SCc3cc(-c4ccco4)on3)c2c1C. The summed E-state index contributed by atoms with van der Waals surface area (Å²) >= 11 is 3.35. The van der Waals surface area contributed by atoms with Crippen LogP contribution in [-0.4, -0.2) is 15.1 Å². The van der Waals surface area contributed by atoms with E-state index in [1.165, 1.54) is 10.4 Å². The van der Waals surface area contributed by atoms with Crippen LogP contribution in [0.3, 0.4) is 0 Å². The predicted molar refractivity (Wildman–Crippen MR) is 90.7 cm³/mol. The fraction of sp³-hybridized carbons (Fsp3) is 0.188. The summed E-state index contributed by atoms with van der Waals surface area (Å²) in [7, 11) is 0. The minimum atomic E-state index is 0.640. The van der Waals surface area contributed by atoms with Gasteiger partial charge in [0.2, 0.25) is 5.76 Å². The lowest BCUT2D eigenvalue weighted by molar-refractivity contribution is 0.413. The summed E-state index contributed by atoms with van der Waals surface area (Å²) in [5, 5.41) is 6.23. The zero-order valence-corrected chi connectivity index (χ0v) is 14.2. The number of rotatable bonds is 4. The third-order valence-corrected chi connectivity index (χ3v) is 5.75. The lowest BCUT2D eigenvalue weighted by atomic mass is 10.2. The Hall–Kier alpha value is -2.12. The van der Waals surface area contributed by atoms with Gasteiger partial charge in [0.05, 0.1) is 12.0 Å². The van der Waals surface area contributed by atoms with Gasteiger partial charge < -0.3 is 8.94 Å². The van der Waals surface area contributed by atoms with Crippen LogP contribution in [-0.2, 0) is 5.75 Å². The molecule has 0 aromatic carbocycles. The molecule has 0 unspecified atom stereocenters. The minimum Gasteiger partial charge on any atom is -0.461 e. The number of thioether (sulfide) groups is 1. The number of aryl methyl sites for hydroxylation is 2. The number of hydrogen-bond acceptors (Lipinski definition) is 7. The zero-order valence-electron chi connectivity index (χ0n) is 12.6. The van der Waals surface area contributed by atoms with Crippen LogP contribution in [0, 0.1) is 13.8 Å². The van der Waals surface area contributed by atoms with Gasteiger partial charge >= 0.3 is 0 Å². The molecule has 7 heteroatoms. The quantitative estimate of drug-likeness (QED) is 0.390. The van der Waals surface area contributed by atoms with E-state index in [2.05, 4.69) is 29.0 Å². The summed E-state index contributed by atoms with van der Waals surface area (Å²) in [4.78, 5) is 11.1. The topological polar surface area (TPSA) is 65.0 Å². The molecule has 0 bridgehead atoms. The summed E-state index contributed by atoms with van der Waals surface area (Å²) in [6.07, 6.45) is 3.24. The molecule has 0 aliphatic heterocycles. The van der Waals surface area contributed by atoms with Gasteiger partial charge in [-0.2, -0.15) is 0 Å². The predicted octanol–water partition coefficient (Wildman–Crippen LogP) is 4.85. The first-order valence-electron chi connectivity index (χ1n) is 7.05. The maximum atomic E-state index is 5.32. The largest absolute Gasteiger partial charge is 0.461 e. The molecule has 4 aromatic heterocycles. The van der Waals surface area contributed by atoms with E-state index < -0.39 is 0 Å². The van der Waals surface area contributed by atoms with Gasteiger partial charge in [-0.25, -0.2) is 9.97 Å². The summed E-state index contributed by atoms with van der Waals surface area (Å²) in [5.74, 6) is 2.01. The normalized spacial score (nSPS) is 11.4. The molecule has 4 rings (SSSR count).